The smallest absolute Gasteiger partial charge is 0.390 e. The Hall–Kier alpha value is -2.57. The van der Waals surface area contributed by atoms with Crippen LogP contribution in [0.4, 0.5) is 26.3 Å². The molecule has 1 radical (unpaired) electrons. The van der Waals surface area contributed by atoms with Crippen LogP contribution in [0.1, 0.15) is 23.6 Å². The van der Waals surface area contributed by atoms with Gasteiger partial charge in [-0.2, -0.15) is 26.3 Å². The molecule has 0 aliphatic carbocycles. The fourth-order valence-corrected chi connectivity index (χ4v) is 6.27. The third-order valence-corrected chi connectivity index (χ3v) is 8.50. The van der Waals surface area contributed by atoms with Crippen molar-refractivity contribution in [3.63, 3.8) is 0 Å². The van der Waals surface area contributed by atoms with Gasteiger partial charge in [0.25, 0.3) is 0 Å². The molecule has 4 rings (SSSR count). The number of halogens is 6. The van der Waals surface area contributed by atoms with Crippen molar-refractivity contribution in [2.24, 2.45) is 0 Å². The minimum absolute atomic E-state index is 0. The van der Waals surface area contributed by atoms with Gasteiger partial charge < -0.3 is 10.1 Å². The van der Waals surface area contributed by atoms with Crippen molar-refractivity contribution in [1.82, 2.24) is 4.98 Å². The van der Waals surface area contributed by atoms with Crippen LogP contribution in [0.5, 0.6) is 0 Å². The molecule has 2 nitrogen and oxygen atoms in total. The number of hydrogen-bond donors (Lipinski definition) is 1. The molecule has 0 aliphatic rings. The Kier molecular flexibility index (Phi) is 11.9. The van der Waals surface area contributed by atoms with E-state index in [9.17, 15) is 31.4 Å². The average molecular weight is 742 g/mol. The molecule has 1 aromatic heterocycles. The van der Waals surface area contributed by atoms with E-state index in [-0.39, 0.29) is 43.5 Å². The number of hydrogen-bond acceptors (Lipinski definition) is 2. The maximum Gasteiger partial charge on any atom is 0.399 e. The molecular weight excluding hydrogens is 716 g/mol. The van der Waals surface area contributed by atoms with Gasteiger partial charge in [-0.25, -0.2) is 0 Å². The van der Waals surface area contributed by atoms with Crippen molar-refractivity contribution in [3.8, 4) is 11.3 Å². The largest absolute Gasteiger partial charge is 0.399 e. The van der Waals surface area contributed by atoms with Crippen molar-refractivity contribution in [3.05, 3.63) is 114 Å². The SMILES string of the molecule is CC(O)C[PH+](c1ccccc1)c1ccccc1.Cc1ccnc(-c2[c-]c(C(F)(F)F)cc(C(F)(F)F)c2)c1.[Ir]. The van der Waals surface area contributed by atoms with Crippen molar-refractivity contribution in [1.29, 1.82) is 0 Å². The number of nitrogens with zero attached hydrogens (tertiary/aromatic N) is 1. The van der Waals surface area contributed by atoms with Crippen LogP contribution in [-0.2, 0) is 32.5 Å². The maximum absolute atomic E-state index is 12.7. The van der Waals surface area contributed by atoms with E-state index in [0.29, 0.717) is 11.6 Å². The van der Waals surface area contributed by atoms with Crippen molar-refractivity contribution >= 4 is 18.5 Å². The van der Waals surface area contributed by atoms with E-state index in [1.807, 2.05) is 25.1 Å². The summed E-state index contributed by atoms with van der Waals surface area (Å²) in [6, 6.07) is 26.6. The van der Waals surface area contributed by atoms with Gasteiger partial charge in [-0.15, -0.1) is 23.8 Å². The maximum atomic E-state index is 12.7. The number of aromatic nitrogens is 1. The summed E-state index contributed by atoms with van der Waals surface area (Å²) in [7, 11) is -0.849. The molecular formula is C29H26F6IrNOP. The summed E-state index contributed by atoms with van der Waals surface area (Å²) < 4.78 is 76.3. The van der Waals surface area contributed by atoms with Crippen molar-refractivity contribution < 1.29 is 51.6 Å². The van der Waals surface area contributed by atoms with Crippen LogP contribution in [0.15, 0.2) is 91.1 Å². The first-order valence-corrected chi connectivity index (χ1v) is 13.3. The number of rotatable bonds is 5. The third-order valence-electron chi connectivity index (χ3n) is 5.44. The number of aliphatic hydroxyl groups excluding tert-OH is 1. The van der Waals surface area contributed by atoms with Gasteiger partial charge in [-0.05, 0) is 61.0 Å². The van der Waals surface area contributed by atoms with Crippen LogP contribution in [0.25, 0.3) is 11.3 Å². The van der Waals surface area contributed by atoms with E-state index in [2.05, 4.69) is 53.5 Å². The molecule has 209 valence electrons. The molecule has 3 aromatic carbocycles. The van der Waals surface area contributed by atoms with Gasteiger partial charge in [0.1, 0.15) is 0 Å². The Labute approximate surface area is 238 Å². The first-order valence-electron chi connectivity index (χ1n) is 11.6. The van der Waals surface area contributed by atoms with Gasteiger partial charge in [-0.3, -0.25) is 0 Å². The predicted octanol–water partition coefficient (Wildman–Crippen LogP) is 7.12. The fraction of sp³-hybridized carbons (Fsp3) is 0.207. The Morgan fingerprint density at radius 3 is 1.79 bits per heavy atom. The molecule has 1 N–H and O–H groups in total. The molecule has 1 atom stereocenters. The van der Waals surface area contributed by atoms with Crippen molar-refractivity contribution in [2.45, 2.75) is 32.3 Å². The summed E-state index contributed by atoms with van der Waals surface area (Å²) in [4.78, 5) is 3.79. The molecule has 1 heterocycles. The molecule has 0 amide bonds. The van der Waals surface area contributed by atoms with Crippen LogP contribution in [-0.4, -0.2) is 22.4 Å². The van der Waals surface area contributed by atoms with E-state index < -0.39 is 31.4 Å². The van der Waals surface area contributed by atoms with Crippen LogP contribution in [0.3, 0.4) is 0 Å². The van der Waals surface area contributed by atoms with Gasteiger partial charge in [0.15, 0.2) is 0 Å². The van der Waals surface area contributed by atoms with Gasteiger partial charge in [0.05, 0.1) is 30.8 Å². The summed E-state index contributed by atoms with van der Waals surface area (Å²) in [5.41, 5.74) is -2.53. The summed E-state index contributed by atoms with van der Waals surface area (Å²) in [6.45, 7) is 3.53. The minimum atomic E-state index is -4.92. The molecule has 0 aliphatic heterocycles. The zero-order valence-electron chi connectivity index (χ0n) is 20.9. The Morgan fingerprint density at radius 2 is 1.36 bits per heavy atom. The molecule has 1 unspecified atom stereocenters. The van der Waals surface area contributed by atoms with E-state index in [0.717, 1.165) is 6.16 Å². The molecule has 0 saturated heterocycles. The van der Waals surface area contributed by atoms with Crippen molar-refractivity contribution in [2.75, 3.05) is 6.16 Å². The summed E-state index contributed by atoms with van der Waals surface area (Å²) in [6.07, 6.45) is -7.87. The first kappa shape index (κ1) is 32.6. The second-order valence-corrected chi connectivity index (χ2v) is 11.2. The topological polar surface area (TPSA) is 33.1 Å². The molecule has 0 fully saturated rings. The van der Waals surface area contributed by atoms with E-state index in [1.54, 1.807) is 13.0 Å². The number of aliphatic hydroxyl groups is 1. The van der Waals surface area contributed by atoms with Crippen LogP contribution in [0, 0.1) is 13.0 Å². The van der Waals surface area contributed by atoms with Gasteiger partial charge in [0.2, 0.25) is 0 Å². The summed E-state index contributed by atoms with van der Waals surface area (Å²) in [5, 5.41) is 12.4. The Bertz CT molecular complexity index is 1240. The number of alkyl halides is 6. The van der Waals surface area contributed by atoms with Gasteiger partial charge in [-0.1, -0.05) is 48.0 Å². The minimum Gasteiger partial charge on any atom is -0.390 e. The molecule has 4 aromatic rings. The van der Waals surface area contributed by atoms with Crippen LogP contribution < -0.4 is 10.6 Å². The zero-order chi connectivity index (χ0) is 27.9. The van der Waals surface area contributed by atoms with E-state index >= 15 is 0 Å². The molecule has 0 spiro atoms. The standard InChI is InChI=1S/C15H17OP.C14H8F6N.Ir/c1-13(16)12-17(14-8-4-2-5-9-14)15-10-6-3-7-11-15;1-8-2-3-21-12(4-8)9-5-10(13(15,16)17)7-11(6-9)14(18,19)20;/h2-11,13,16H,12H2,1H3;2-5,7H,1H3;/q;-1;/p+1. The van der Waals surface area contributed by atoms with Crippen LogP contribution in [0.2, 0.25) is 0 Å². The van der Waals surface area contributed by atoms with E-state index in [1.165, 1.54) is 22.9 Å². The Morgan fingerprint density at radius 1 is 0.821 bits per heavy atom. The molecule has 39 heavy (non-hydrogen) atoms. The third kappa shape index (κ3) is 9.84. The van der Waals surface area contributed by atoms with Crippen LogP contribution >= 0.6 is 7.92 Å². The molecule has 0 saturated carbocycles. The van der Waals surface area contributed by atoms with Gasteiger partial charge >= 0.3 is 12.4 Å². The quantitative estimate of drug-likeness (QED) is 0.134. The normalized spacial score (nSPS) is 12.3. The molecule has 0 bridgehead atoms. The number of pyridine rings is 1. The average Bonchev–Trinajstić information content (AvgIpc) is 2.87. The first-order chi connectivity index (χ1) is 17.8. The Balaban J connectivity index is 0.000000272. The number of aryl methyl sites for hydroxylation is 1. The fourth-order valence-electron chi connectivity index (χ4n) is 3.68. The predicted molar refractivity (Wildman–Crippen MR) is 140 cm³/mol. The summed E-state index contributed by atoms with van der Waals surface area (Å²) >= 11 is 0. The zero-order valence-corrected chi connectivity index (χ0v) is 24.3. The monoisotopic (exact) mass is 742 g/mol. The van der Waals surface area contributed by atoms with Gasteiger partial charge in [0, 0.05) is 26.3 Å². The molecule has 10 heteroatoms. The number of benzene rings is 3. The van der Waals surface area contributed by atoms with E-state index in [4.69, 9.17) is 0 Å². The summed E-state index contributed by atoms with van der Waals surface area (Å²) in [5.74, 6) is 0. The second-order valence-electron chi connectivity index (χ2n) is 8.67. The second kappa shape index (κ2) is 14.2.